The van der Waals surface area contributed by atoms with Gasteiger partial charge in [0.2, 0.25) is 5.91 Å². The minimum atomic E-state index is -1.58. The number of esters is 1. The van der Waals surface area contributed by atoms with E-state index < -0.39 is 49.5 Å². The number of nitrogens with one attached hydrogen (secondary N) is 1. The van der Waals surface area contributed by atoms with Crippen molar-refractivity contribution in [3.63, 3.8) is 0 Å². The lowest BCUT2D eigenvalue weighted by Gasteiger charge is -2.40. The highest BCUT2D eigenvalue weighted by Crippen LogP contribution is 2.23. The molecular weight excluding hydrogens is 1040 g/mol. The van der Waals surface area contributed by atoms with Crippen LogP contribution in [0.2, 0.25) is 0 Å². The van der Waals surface area contributed by atoms with Crippen LogP contribution < -0.4 is 5.32 Å². The van der Waals surface area contributed by atoms with Gasteiger partial charge in [-0.3, -0.25) is 9.59 Å². The second-order valence-electron chi connectivity index (χ2n) is 24.9. The van der Waals surface area contributed by atoms with E-state index >= 15 is 0 Å². The monoisotopic (exact) mass is 1170 g/mol. The van der Waals surface area contributed by atoms with Gasteiger partial charge in [-0.15, -0.1) is 0 Å². The van der Waals surface area contributed by atoms with Crippen LogP contribution in [0.5, 0.6) is 0 Å². The van der Waals surface area contributed by atoms with E-state index in [1.807, 2.05) is 19.1 Å². The van der Waals surface area contributed by atoms with Gasteiger partial charge in [-0.1, -0.05) is 319 Å². The van der Waals surface area contributed by atoms with Crippen molar-refractivity contribution in [3.05, 3.63) is 36.5 Å². The molecule has 0 aromatic rings. The number of amides is 1. The number of carbonyl (C=O) groups excluding carboxylic acids is 2. The van der Waals surface area contributed by atoms with Crippen LogP contribution in [0.3, 0.4) is 0 Å². The number of hydrogen-bond donors (Lipinski definition) is 6. The van der Waals surface area contributed by atoms with Gasteiger partial charge in [-0.2, -0.15) is 0 Å². The largest absolute Gasteiger partial charge is 0.466 e. The first-order valence-electron chi connectivity index (χ1n) is 35.7. The van der Waals surface area contributed by atoms with Crippen molar-refractivity contribution in [2.75, 3.05) is 19.8 Å². The van der Waals surface area contributed by atoms with Crippen molar-refractivity contribution < 1.29 is 49.3 Å². The molecule has 11 heteroatoms. The molecule has 1 rings (SSSR count). The Morgan fingerprint density at radius 3 is 1.19 bits per heavy atom. The smallest absolute Gasteiger partial charge is 0.305 e. The molecular formula is C72H135NO10. The Morgan fingerprint density at radius 1 is 0.458 bits per heavy atom. The summed E-state index contributed by atoms with van der Waals surface area (Å²) in [6.07, 6.45) is 69.1. The summed E-state index contributed by atoms with van der Waals surface area (Å²) in [5.74, 6) is -0.178. The molecule has 0 saturated carbocycles. The fourth-order valence-corrected chi connectivity index (χ4v) is 11.5. The Kier molecular flexibility index (Phi) is 58.5. The van der Waals surface area contributed by atoms with Crippen LogP contribution in [-0.2, 0) is 23.8 Å². The molecule has 7 atom stereocenters. The van der Waals surface area contributed by atoms with E-state index in [9.17, 15) is 35.1 Å². The molecule has 1 fully saturated rings. The summed E-state index contributed by atoms with van der Waals surface area (Å²) in [5, 5.41) is 54.2. The first-order chi connectivity index (χ1) is 40.7. The third kappa shape index (κ3) is 50.6. The Hall–Kier alpha value is -2.12. The standard InChI is InChI=1S/C72H135NO10/c1-3-5-7-9-11-13-39-44-48-52-56-60-68(77)81-61-57-53-49-45-41-38-36-34-32-30-28-26-24-22-20-18-16-14-15-17-19-21-23-25-27-29-31-33-35-37-40-43-47-51-55-59-67(76)73-64(65(75)58-54-50-46-42-12-10-8-6-4-2)63-82-72-71(80)70(79)69(78)66(62-74)83-72/h4,6,12,42,54,58,64-66,69-72,74-75,78-80H,3,5,7-11,13-41,43-53,55-57,59-63H2,1-2H3,(H,73,76)/b6-4+,42-12+,58-54+. The van der Waals surface area contributed by atoms with E-state index in [2.05, 4.69) is 30.5 Å². The number of rotatable bonds is 63. The van der Waals surface area contributed by atoms with Gasteiger partial charge in [0.25, 0.3) is 0 Å². The van der Waals surface area contributed by atoms with E-state index in [0.717, 1.165) is 57.8 Å². The lowest BCUT2D eigenvalue weighted by atomic mass is 9.99. The van der Waals surface area contributed by atoms with Crippen LogP contribution >= 0.6 is 0 Å². The fraction of sp³-hybridized carbons (Fsp3) is 0.889. The molecule has 6 N–H and O–H groups in total. The molecule has 83 heavy (non-hydrogen) atoms. The predicted molar refractivity (Wildman–Crippen MR) is 347 cm³/mol. The van der Waals surface area contributed by atoms with Crippen molar-refractivity contribution >= 4 is 11.9 Å². The number of carbonyl (C=O) groups is 2. The summed E-state index contributed by atoms with van der Waals surface area (Å²) in [6, 6.07) is -0.829. The zero-order chi connectivity index (χ0) is 60.2. The normalized spacial score (nSPS) is 18.3. The van der Waals surface area contributed by atoms with Gasteiger partial charge < -0.3 is 45.1 Å². The highest BCUT2D eigenvalue weighted by molar-refractivity contribution is 5.76. The molecule has 0 bridgehead atoms. The lowest BCUT2D eigenvalue weighted by molar-refractivity contribution is -0.302. The Bertz CT molecular complexity index is 1470. The topological polar surface area (TPSA) is 175 Å². The molecule has 0 radical (unpaired) electrons. The van der Waals surface area contributed by atoms with Crippen LogP contribution in [0.4, 0.5) is 0 Å². The molecule has 0 aliphatic carbocycles. The predicted octanol–water partition coefficient (Wildman–Crippen LogP) is 18.2. The highest BCUT2D eigenvalue weighted by Gasteiger charge is 2.44. The number of unbranched alkanes of at least 4 members (excludes halogenated alkanes) is 46. The second kappa shape index (κ2) is 61.5. The van der Waals surface area contributed by atoms with Crippen LogP contribution in [0.25, 0.3) is 0 Å². The van der Waals surface area contributed by atoms with E-state index in [-0.39, 0.29) is 18.5 Å². The quantitative estimate of drug-likeness (QED) is 0.0195. The molecule has 1 amide bonds. The van der Waals surface area contributed by atoms with E-state index in [0.29, 0.717) is 19.4 Å². The summed E-state index contributed by atoms with van der Waals surface area (Å²) in [6.45, 7) is 4.12. The number of hydrogen-bond acceptors (Lipinski definition) is 10. The van der Waals surface area contributed by atoms with Gasteiger partial charge >= 0.3 is 5.97 Å². The maximum Gasteiger partial charge on any atom is 0.305 e. The summed E-state index contributed by atoms with van der Waals surface area (Å²) >= 11 is 0. The molecule has 0 spiro atoms. The summed E-state index contributed by atoms with van der Waals surface area (Å²) in [7, 11) is 0. The third-order valence-corrected chi connectivity index (χ3v) is 17.1. The van der Waals surface area contributed by atoms with Crippen molar-refractivity contribution in [2.45, 2.75) is 391 Å². The highest BCUT2D eigenvalue weighted by atomic mass is 16.7. The molecule has 0 aromatic heterocycles. The average Bonchev–Trinajstić information content (AvgIpc) is 3.69. The number of ether oxygens (including phenoxy) is 3. The fourth-order valence-electron chi connectivity index (χ4n) is 11.5. The molecule has 1 aliphatic heterocycles. The maximum atomic E-state index is 13.0. The van der Waals surface area contributed by atoms with Gasteiger partial charge in [-0.25, -0.2) is 0 Å². The average molecular weight is 1170 g/mol. The Labute approximate surface area is 511 Å². The van der Waals surface area contributed by atoms with Crippen molar-refractivity contribution in [3.8, 4) is 0 Å². The van der Waals surface area contributed by atoms with Gasteiger partial charge in [0.15, 0.2) is 6.29 Å². The van der Waals surface area contributed by atoms with Crippen molar-refractivity contribution in [1.82, 2.24) is 5.32 Å². The van der Waals surface area contributed by atoms with Crippen LogP contribution in [0.15, 0.2) is 36.5 Å². The Balaban J connectivity index is 1.88. The molecule has 11 nitrogen and oxygen atoms in total. The number of aliphatic hydroxyl groups excluding tert-OH is 5. The Morgan fingerprint density at radius 2 is 0.807 bits per heavy atom. The molecule has 488 valence electrons. The number of aliphatic hydroxyl groups is 5. The lowest BCUT2D eigenvalue weighted by Crippen LogP contribution is -2.60. The van der Waals surface area contributed by atoms with E-state index in [1.165, 1.54) is 263 Å². The van der Waals surface area contributed by atoms with Crippen LogP contribution in [0, 0.1) is 0 Å². The van der Waals surface area contributed by atoms with E-state index in [4.69, 9.17) is 14.2 Å². The van der Waals surface area contributed by atoms with Crippen LogP contribution in [0.1, 0.15) is 348 Å². The van der Waals surface area contributed by atoms with Crippen LogP contribution in [-0.4, -0.2) is 100 Å². The third-order valence-electron chi connectivity index (χ3n) is 17.1. The first-order valence-corrected chi connectivity index (χ1v) is 35.7. The number of allylic oxidation sites excluding steroid dienone is 5. The first kappa shape index (κ1) is 78.9. The van der Waals surface area contributed by atoms with E-state index in [1.54, 1.807) is 6.08 Å². The molecule has 1 heterocycles. The SMILES string of the molecule is C/C=C/CC/C=C/CC/C=C/C(O)C(COC1OC(CO)C(O)C(O)C1O)NC(=O)CCCCCCCCCCCCCCCCCCCCCCCCCCCCCCCCCCCCCOC(=O)CCCCCCCCCCCCC. The summed E-state index contributed by atoms with van der Waals surface area (Å²) in [4.78, 5) is 25.0. The maximum absolute atomic E-state index is 13.0. The zero-order valence-corrected chi connectivity index (χ0v) is 54.2. The van der Waals surface area contributed by atoms with Gasteiger partial charge in [0.1, 0.15) is 24.4 Å². The van der Waals surface area contributed by atoms with Gasteiger partial charge in [0.05, 0.1) is 32.0 Å². The molecule has 1 aliphatic rings. The zero-order valence-electron chi connectivity index (χ0n) is 54.2. The molecule has 1 saturated heterocycles. The summed E-state index contributed by atoms with van der Waals surface area (Å²) in [5.41, 5.74) is 0. The van der Waals surface area contributed by atoms with Gasteiger partial charge in [-0.05, 0) is 51.9 Å². The molecule has 7 unspecified atom stereocenters. The van der Waals surface area contributed by atoms with Crippen molar-refractivity contribution in [1.29, 1.82) is 0 Å². The summed E-state index contributed by atoms with van der Waals surface area (Å²) < 4.78 is 16.7. The van der Waals surface area contributed by atoms with Gasteiger partial charge in [0, 0.05) is 12.8 Å². The minimum absolute atomic E-state index is 0.0155. The van der Waals surface area contributed by atoms with Crippen molar-refractivity contribution in [2.24, 2.45) is 0 Å². The minimum Gasteiger partial charge on any atom is -0.466 e. The second-order valence-corrected chi connectivity index (χ2v) is 24.9. The molecule has 0 aromatic carbocycles.